The first kappa shape index (κ1) is 17.7. The fourth-order valence-electron chi connectivity index (χ4n) is 2.16. The van der Waals surface area contributed by atoms with Crippen molar-refractivity contribution in [3.05, 3.63) is 0 Å². The van der Waals surface area contributed by atoms with Crippen molar-refractivity contribution in [3.63, 3.8) is 0 Å². The zero-order valence-electron chi connectivity index (χ0n) is 13.0. The number of rotatable bonds is 8. The smallest absolute Gasteiger partial charge is 0.320 e. The number of carboxylic acid groups (broad SMARTS) is 1. The van der Waals surface area contributed by atoms with Gasteiger partial charge >= 0.3 is 12.0 Å². The molecular formula is C14H27N3O4. The molecule has 0 bridgehead atoms. The Kier molecular flexibility index (Phi) is 8.07. The number of unbranched alkanes of at least 4 members (excludes halogenated alkanes) is 1. The van der Waals surface area contributed by atoms with Gasteiger partial charge in [-0.25, -0.2) is 4.79 Å². The van der Waals surface area contributed by atoms with Crippen LogP contribution >= 0.6 is 0 Å². The first-order valence-corrected chi connectivity index (χ1v) is 7.63. The SMILES string of the molecule is CCCCOCCNC(=O)N1CCN(C(C)C(=O)O)CC1. The van der Waals surface area contributed by atoms with Gasteiger partial charge in [0.15, 0.2) is 0 Å². The van der Waals surface area contributed by atoms with E-state index in [2.05, 4.69) is 12.2 Å². The summed E-state index contributed by atoms with van der Waals surface area (Å²) in [5.41, 5.74) is 0. The number of carbonyl (C=O) groups excluding carboxylic acids is 1. The summed E-state index contributed by atoms with van der Waals surface area (Å²) in [7, 11) is 0. The predicted octanol–water partition coefficient (Wildman–Crippen LogP) is 0.603. The number of nitrogens with zero attached hydrogens (tertiary/aromatic N) is 2. The van der Waals surface area contributed by atoms with Crippen LogP contribution in [0.1, 0.15) is 26.7 Å². The third-order valence-electron chi connectivity index (χ3n) is 3.67. The molecule has 0 aromatic rings. The fraction of sp³-hybridized carbons (Fsp3) is 0.857. The molecule has 0 radical (unpaired) electrons. The molecule has 0 aromatic heterocycles. The minimum Gasteiger partial charge on any atom is -0.480 e. The van der Waals surface area contributed by atoms with Gasteiger partial charge in [0.1, 0.15) is 6.04 Å². The van der Waals surface area contributed by atoms with E-state index in [0.717, 1.165) is 19.4 Å². The third-order valence-corrected chi connectivity index (χ3v) is 3.67. The van der Waals surface area contributed by atoms with Gasteiger partial charge in [-0.3, -0.25) is 9.69 Å². The van der Waals surface area contributed by atoms with E-state index in [9.17, 15) is 9.59 Å². The highest BCUT2D eigenvalue weighted by Crippen LogP contribution is 2.06. The molecule has 21 heavy (non-hydrogen) atoms. The number of hydrogen-bond donors (Lipinski definition) is 2. The summed E-state index contributed by atoms with van der Waals surface area (Å²) in [6.07, 6.45) is 2.14. The summed E-state index contributed by atoms with van der Waals surface area (Å²) in [5.74, 6) is -0.822. The topological polar surface area (TPSA) is 82.1 Å². The molecule has 0 aromatic carbocycles. The van der Waals surface area contributed by atoms with Gasteiger partial charge < -0.3 is 20.1 Å². The lowest BCUT2D eigenvalue weighted by atomic mass is 10.2. The van der Waals surface area contributed by atoms with Gasteiger partial charge in [0.2, 0.25) is 0 Å². The molecule has 0 saturated carbocycles. The number of hydrogen-bond acceptors (Lipinski definition) is 4. The molecule has 1 aliphatic heterocycles. The second-order valence-electron chi connectivity index (χ2n) is 5.24. The van der Waals surface area contributed by atoms with Crippen LogP contribution in [0.3, 0.4) is 0 Å². The maximum atomic E-state index is 11.9. The van der Waals surface area contributed by atoms with Gasteiger partial charge in [-0.15, -0.1) is 0 Å². The van der Waals surface area contributed by atoms with Gasteiger partial charge in [-0.2, -0.15) is 0 Å². The van der Waals surface area contributed by atoms with Gasteiger partial charge in [-0.1, -0.05) is 13.3 Å². The van der Waals surface area contributed by atoms with E-state index in [1.807, 2.05) is 4.90 Å². The molecule has 7 heteroatoms. The monoisotopic (exact) mass is 301 g/mol. The fourth-order valence-corrected chi connectivity index (χ4v) is 2.16. The molecule has 1 heterocycles. The van der Waals surface area contributed by atoms with Crippen LogP contribution in [0.15, 0.2) is 0 Å². The molecule has 1 saturated heterocycles. The number of nitrogens with one attached hydrogen (secondary N) is 1. The van der Waals surface area contributed by atoms with E-state index in [1.165, 1.54) is 0 Å². The Labute approximate surface area is 126 Å². The minimum absolute atomic E-state index is 0.100. The zero-order valence-corrected chi connectivity index (χ0v) is 13.0. The highest BCUT2D eigenvalue weighted by atomic mass is 16.5. The summed E-state index contributed by atoms with van der Waals surface area (Å²) in [5, 5.41) is 11.8. The molecule has 122 valence electrons. The van der Waals surface area contributed by atoms with Crippen molar-refractivity contribution in [3.8, 4) is 0 Å². The minimum atomic E-state index is -0.822. The van der Waals surface area contributed by atoms with Crippen molar-refractivity contribution in [1.82, 2.24) is 15.1 Å². The van der Waals surface area contributed by atoms with Crippen molar-refractivity contribution < 1.29 is 19.4 Å². The highest BCUT2D eigenvalue weighted by Gasteiger charge is 2.26. The summed E-state index contributed by atoms with van der Waals surface area (Å²) in [6.45, 7) is 7.85. The highest BCUT2D eigenvalue weighted by molar-refractivity contribution is 5.74. The van der Waals surface area contributed by atoms with Gasteiger partial charge in [0.05, 0.1) is 6.61 Å². The van der Waals surface area contributed by atoms with E-state index < -0.39 is 12.0 Å². The third kappa shape index (κ3) is 6.31. The number of carbonyl (C=O) groups is 2. The molecule has 1 aliphatic rings. The molecule has 7 nitrogen and oxygen atoms in total. The Bertz CT molecular complexity index is 330. The first-order valence-electron chi connectivity index (χ1n) is 7.63. The average Bonchev–Trinajstić information content (AvgIpc) is 2.49. The van der Waals surface area contributed by atoms with Crippen LogP contribution in [0.5, 0.6) is 0 Å². The molecule has 1 rings (SSSR count). The van der Waals surface area contributed by atoms with Crippen LogP contribution in [0, 0.1) is 0 Å². The zero-order chi connectivity index (χ0) is 15.7. The molecule has 1 atom stereocenters. The molecule has 0 spiro atoms. The Morgan fingerprint density at radius 3 is 2.48 bits per heavy atom. The normalized spacial score (nSPS) is 17.5. The number of piperazine rings is 1. The van der Waals surface area contributed by atoms with Crippen LogP contribution in [0.2, 0.25) is 0 Å². The Balaban J connectivity index is 2.15. The van der Waals surface area contributed by atoms with E-state index in [-0.39, 0.29) is 6.03 Å². The Morgan fingerprint density at radius 1 is 1.24 bits per heavy atom. The first-order chi connectivity index (χ1) is 10.1. The summed E-state index contributed by atoms with van der Waals surface area (Å²) < 4.78 is 5.38. The molecular weight excluding hydrogens is 274 g/mol. The van der Waals surface area contributed by atoms with Crippen LogP contribution < -0.4 is 5.32 Å². The lowest BCUT2D eigenvalue weighted by Crippen LogP contribution is -2.55. The van der Waals surface area contributed by atoms with Gasteiger partial charge in [0.25, 0.3) is 0 Å². The van der Waals surface area contributed by atoms with E-state index in [1.54, 1.807) is 11.8 Å². The quantitative estimate of drug-likeness (QED) is 0.642. The van der Waals surface area contributed by atoms with E-state index in [0.29, 0.717) is 39.3 Å². The van der Waals surface area contributed by atoms with E-state index in [4.69, 9.17) is 9.84 Å². The molecule has 2 N–H and O–H groups in total. The summed E-state index contributed by atoms with van der Waals surface area (Å²) in [6, 6.07) is -0.598. The molecule has 1 fully saturated rings. The lowest BCUT2D eigenvalue weighted by molar-refractivity contribution is -0.143. The summed E-state index contributed by atoms with van der Waals surface area (Å²) >= 11 is 0. The van der Waals surface area contributed by atoms with Crippen LogP contribution in [-0.2, 0) is 9.53 Å². The van der Waals surface area contributed by atoms with Gasteiger partial charge in [-0.05, 0) is 13.3 Å². The molecule has 2 amide bonds. The Hall–Kier alpha value is -1.34. The molecule has 0 aliphatic carbocycles. The maximum Gasteiger partial charge on any atom is 0.320 e. The maximum absolute atomic E-state index is 11.9. The van der Waals surface area contributed by atoms with Crippen LogP contribution in [-0.4, -0.2) is 78.9 Å². The van der Waals surface area contributed by atoms with Crippen molar-refractivity contribution in [1.29, 1.82) is 0 Å². The number of carboxylic acids is 1. The van der Waals surface area contributed by atoms with Crippen molar-refractivity contribution in [2.75, 3.05) is 45.9 Å². The van der Waals surface area contributed by atoms with Crippen LogP contribution in [0.4, 0.5) is 4.79 Å². The largest absolute Gasteiger partial charge is 0.480 e. The standard InChI is InChI=1S/C14H27N3O4/c1-3-4-10-21-11-5-15-14(20)17-8-6-16(7-9-17)12(2)13(18)19/h12H,3-11H2,1-2H3,(H,15,20)(H,18,19). The lowest BCUT2D eigenvalue weighted by Gasteiger charge is -2.36. The number of amides is 2. The number of aliphatic carboxylic acids is 1. The molecule has 1 unspecified atom stereocenters. The van der Waals surface area contributed by atoms with Gasteiger partial charge in [0, 0.05) is 39.3 Å². The van der Waals surface area contributed by atoms with Crippen LogP contribution in [0.25, 0.3) is 0 Å². The average molecular weight is 301 g/mol. The van der Waals surface area contributed by atoms with Crippen molar-refractivity contribution >= 4 is 12.0 Å². The van der Waals surface area contributed by atoms with Crippen molar-refractivity contribution in [2.45, 2.75) is 32.7 Å². The number of urea groups is 1. The second kappa shape index (κ2) is 9.57. The predicted molar refractivity (Wildman–Crippen MR) is 79.4 cm³/mol. The number of ether oxygens (including phenoxy) is 1. The Morgan fingerprint density at radius 2 is 1.90 bits per heavy atom. The van der Waals surface area contributed by atoms with Crippen molar-refractivity contribution in [2.24, 2.45) is 0 Å². The van der Waals surface area contributed by atoms with E-state index >= 15 is 0 Å². The second-order valence-corrected chi connectivity index (χ2v) is 5.24. The summed E-state index contributed by atoms with van der Waals surface area (Å²) in [4.78, 5) is 26.4.